The SMILES string of the molecule is Cc1nc(NC(=O)COC(=O)C2CCN(S(=O)(=O)c3cccs3)CC2)c(Cl)cc1Cl. The quantitative estimate of drug-likeness (QED) is 0.621. The molecule has 0 unspecified atom stereocenters. The number of nitrogens with one attached hydrogen (secondary N) is 1. The third-order valence-electron chi connectivity index (χ3n) is 4.58. The summed E-state index contributed by atoms with van der Waals surface area (Å²) in [7, 11) is -3.53. The van der Waals surface area contributed by atoms with Gasteiger partial charge in [0.25, 0.3) is 15.9 Å². The summed E-state index contributed by atoms with van der Waals surface area (Å²) in [4.78, 5) is 28.4. The standard InChI is InChI=1S/C18H19Cl2N3O5S2/c1-11-13(19)9-14(20)17(21-11)22-15(24)10-28-18(25)12-4-6-23(7-5-12)30(26,27)16-3-2-8-29-16/h2-3,8-9,12H,4-7,10H2,1H3,(H,21,22,24). The Balaban J connectivity index is 1.48. The Morgan fingerprint density at radius 1 is 1.30 bits per heavy atom. The molecule has 8 nitrogen and oxygen atoms in total. The Labute approximate surface area is 188 Å². The maximum absolute atomic E-state index is 12.5. The topological polar surface area (TPSA) is 106 Å². The Morgan fingerprint density at radius 3 is 2.63 bits per heavy atom. The van der Waals surface area contributed by atoms with Crippen LogP contribution in [0.3, 0.4) is 0 Å². The second-order valence-corrected chi connectivity index (χ2v) is 10.6. The molecule has 1 aliphatic heterocycles. The highest BCUT2D eigenvalue weighted by Gasteiger charge is 2.33. The van der Waals surface area contributed by atoms with E-state index in [1.807, 2.05) is 0 Å². The first-order valence-corrected chi connectivity index (χ1v) is 12.1. The number of carbonyl (C=O) groups is 2. The molecule has 0 spiro atoms. The minimum Gasteiger partial charge on any atom is -0.455 e. The number of halogens is 2. The number of thiophene rings is 1. The number of aromatic nitrogens is 1. The predicted octanol–water partition coefficient (Wildman–Crippen LogP) is 3.34. The molecule has 1 saturated heterocycles. The van der Waals surface area contributed by atoms with E-state index in [4.69, 9.17) is 27.9 Å². The average Bonchev–Trinajstić information content (AvgIpc) is 3.26. The monoisotopic (exact) mass is 491 g/mol. The first-order chi connectivity index (χ1) is 14.2. The first kappa shape index (κ1) is 23.0. The Hall–Kier alpha value is -1.72. The van der Waals surface area contributed by atoms with E-state index >= 15 is 0 Å². The number of amides is 1. The van der Waals surface area contributed by atoms with Gasteiger partial charge in [0.05, 0.1) is 21.7 Å². The van der Waals surface area contributed by atoms with Crippen LogP contribution in [0.4, 0.5) is 5.82 Å². The molecule has 3 rings (SSSR count). The molecule has 162 valence electrons. The van der Waals surface area contributed by atoms with Gasteiger partial charge in [0.2, 0.25) is 0 Å². The van der Waals surface area contributed by atoms with E-state index < -0.39 is 34.4 Å². The lowest BCUT2D eigenvalue weighted by Gasteiger charge is -2.29. The highest BCUT2D eigenvalue weighted by molar-refractivity contribution is 7.91. The number of aryl methyl sites for hydroxylation is 1. The van der Waals surface area contributed by atoms with Gasteiger partial charge < -0.3 is 10.1 Å². The zero-order chi connectivity index (χ0) is 21.9. The van der Waals surface area contributed by atoms with Crippen molar-refractivity contribution in [3.63, 3.8) is 0 Å². The largest absolute Gasteiger partial charge is 0.455 e. The molecular formula is C18H19Cl2N3O5S2. The molecule has 2 aromatic rings. The number of hydrogen-bond acceptors (Lipinski definition) is 7. The second-order valence-electron chi connectivity index (χ2n) is 6.65. The molecule has 12 heteroatoms. The molecule has 1 fully saturated rings. The van der Waals surface area contributed by atoms with Crippen LogP contribution in [-0.2, 0) is 24.3 Å². The summed E-state index contributed by atoms with van der Waals surface area (Å²) in [5, 5.41) is 4.72. The summed E-state index contributed by atoms with van der Waals surface area (Å²) < 4.78 is 31.8. The average molecular weight is 492 g/mol. The third kappa shape index (κ3) is 5.30. The van der Waals surface area contributed by atoms with E-state index in [2.05, 4.69) is 10.3 Å². The number of ether oxygens (including phenoxy) is 1. The number of rotatable bonds is 6. The van der Waals surface area contributed by atoms with Crippen LogP contribution in [-0.4, -0.2) is 49.3 Å². The van der Waals surface area contributed by atoms with Crippen molar-refractivity contribution in [1.29, 1.82) is 0 Å². The van der Waals surface area contributed by atoms with E-state index in [0.29, 0.717) is 23.6 Å². The normalized spacial score (nSPS) is 15.7. The van der Waals surface area contributed by atoms with Crippen LogP contribution in [0.1, 0.15) is 18.5 Å². The van der Waals surface area contributed by atoms with Crippen molar-refractivity contribution >= 4 is 62.3 Å². The molecular weight excluding hydrogens is 473 g/mol. The van der Waals surface area contributed by atoms with Gasteiger partial charge in [-0.3, -0.25) is 9.59 Å². The van der Waals surface area contributed by atoms with Crippen LogP contribution < -0.4 is 5.32 Å². The van der Waals surface area contributed by atoms with Crippen molar-refractivity contribution in [3.8, 4) is 0 Å². The van der Waals surface area contributed by atoms with Gasteiger partial charge in [-0.05, 0) is 37.3 Å². The van der Waals surface area contributed by atoms with Crippen molar-refractivity contribution < 1.29 is 22.7 Å². The predicted molar refractivity (Wildman–Crippen MR) is 114 cm³/mol. The van der Waals surface area contributed by atoms with Crippen LogP contribution in [0.15, 0.2) is 27.8 Å². The fourth-order valence-electron chi connectivity index (χ4n) is 2.94. The number of nitrogens with zero attached hydrogens (tertiary/aromatic N) is 2. The molecule has 0 radical (unpaired) electrons. The lowest BCUT2D eigenvalue weighted by atomic mass is 9.98. The molecule has 0 bridgehead atoms. The summed E-state index contributed by atoms with van der Waals surface area (Å²) in [6.07, 6.45) is 0.656. The van der Waals surface area contributed by atoms with Gasteiger partial charge in [0.15, 0.2) is 12.4 Å². The molecule has 3 heterocycles. The number of anilines is 1. The number of hydrogen-bond donors (Lipinski definition) is 1. The van der Waals surface area contributed by atoms with Gasteiger partial charge in [-0.2, -0.15) is 4.31 Å². The number of esters is 1. The summed E-state index contributed by atoms with van der Waals surface area (Å²) in [6.45, 7) is 1.61. The van der Waals surface area contributed by atoms with Gasteiger partial charge in [0.1, 0.15) is 4.21 Å². The van der Waals surface area contributed by atoms with Crippen LogP contribution in [0, 0.1) is 12.8 Å². The van der Waals surface area contributed by atoms with Crippen LogP contribution >= 0.6 is 34.5 Å². The smallest absolute Gasteiger partial charge is 0.309 e. The molecule has 0 aliphatic carbocycles. The van der Waals surface area contributed by atoms with E-state index in [0.717, 1.165) is 11.3 Å². The van der Waals surface area contributed by atoms with Gasteiger partial charge in [-0.15, -0.1) is 11.3 Å². The van der Waals surface area contributed by atoms with Crippen LogP contribution in [0.25, 0.3) is 0 Å². The Bertz CT molecular complexity index is 1040. The van der Waals surface area contributed by atoms with Crippen molar-refractivity contribution in [2.45, 2.75) is 24.0 Å². The lowest BCUT2D eigenvalue weighted by Crippen LogP contribution is -2.40. The molecule has 30 heavy (non-hydrogen) atoms. The molecule has 1 N–H and O–H groups in total. The third-order valence-corrected chi connectivity index (χ3v) is 8.53. The van der Waals surface area contributed by atoms with Gasteiger partial charge in [-0.25, -0.2) is 13.4 Å². The van der Waals surface area contributed by atoms with E-state index in [9.17, 15) is 18.0 Å². The van der Waals surface area contributed by atoms with Crippen molar-refractivity contribution in [3.05, 3.63) is 39.3 Å². The van der Waals surface area contributed by atoms with E-state index in [1.54, 1.807) is 24.4 Å². The molecule has 1 aliphatic rings. The highest BCUT2D eigenvalue weighted by atomic mass is 35.5. The number of sulfonamides is 1. The number of piperidine rings is 1. The Kier molecular flexibility index (Phi) is 7.35. The minimum atomic E-state index is -3.53. The van der Waals surface area contributed by atoms with Crippen molar-refractivity contribution in [2.24, 2.45) is 5.92 Å². The van der Waals surface area contributed by atoms with E-state index in [1.165, 1.54) is 10.4 Å². The fourth-order valence-corrected chi connectivity index (χ4v) is 5.96. The van der Waals surface area contributed by atoms with Crippen molar-refractivity contribution in [2.75, 3.05) is 25.0 Å². The van der Waals surface area contributed by atoms with E-state index in [-0.39, 0.29) is 28.1 Å². The maximum Gasteiger partial charge on any atom is 0.309 e. The zero-order valence-corrected chi connectivity index (χ0v) is 19.1. The van der Waals surface area contributed by atoms with Gasteiger partial charge in [-0.1, -0.05) is 29.3 Å². The molecule has 0 atom stereocenters. The summed E-state index contributed by atoms with van der Waals surface area (Å²) in [5.74, 6) is -1.46. The molecule has 2 aromatic heterocycles. The lowest BCUT2D eigenvalue weighted by molar-refractivity contribution is -0.152. The minimum absolute atomic E-state index is 0.131. The van der Waals surface area contributed by atoms with Crippen molar-refractivity contribution in [1.82, 2.24) is 9.29 Å². The summed E-state index contributed by atoms with van der Waals surface area (Å²) in [6, 6.07) is 4.70. The number of pyridine rings is 1. The second kappa shape index (κ2) is 9.61. The highest BCUT2D eigenvalue weighted by Crippen LogP contribution is 2.27. The van der Waals surface area contributed by atoms with Gasteiger partial charge in [0, 0.05) is 13.1 Å². The summed E-state index contributed by atoms with van der Waals surface area (Å²) >= 11 is 13.1. The molecule has 0 aromatic carbocycles. The van der Waals surface area contributed by atoms with Crippen LogP contribution in [0.2, 0.25) is 10.0 Å². The first-order valence-electron chi connectivity index (χ1n) is 9.01. The fraction of sp³-hybridized carbons (Fsp3) is 0.389. The van der Waals surface area contributed by atoms with Gasteiger partial charge >= 0.3 is 5.97 Å². The number of carbonyl (C=O) groups excluding carboxylic acids is 2. The molecule has 0 saturated carbocycles. The molecule has 1 amide bonds. The summed E-state index contributed by atoms with van der Waals surface area (Å²) in [5.41, 5.74) is 0.498. The van der Waals surface area contributed by atoms with Crippen LogP contribution in [0.5, 0.6) is 0 Å². The zero-order valence-electron chi connectivity index (χ0n) is 15.9. The Morgan fingerprint density at radius 2 is 2.00 bits per heavy atom. The maximum atomic E-state index is 12.5.